The third-order valence-corrected chi connectivity index (χ3v) is 2.18. The van der Waals surface area contributed by atoms with Gasteiger partial charge in [-0.25, -0.2) is 0 Å². The maximum absolute atomic E-state index is 11.6. The van der Waals surface area contributed by atoms with Crippen LogP contribution >= 0.6 is 0 Å². The molecular weight excluding hydrogens is 206 g/mol. The normalized spacial score (nSPS) is 12.3. The summed E-state index contributed by atoms with van der Waals surface area (Å²) in [5.41, 5.74) is 0.535. The fourth-order valence-corrected chi connectivity index (χ4v) is 1.44. The first-order chi connectivity index (χ1) is 7.75. The van der Waals surface area contributed by atoms with E-state index in [0.29, 0.717) is 12.1 Å². The molecule has 2 aromatic heterocycles. The highest BCUT2D eigenvalue weighted by atomic mass is 16.3. The number of furan rings is 1. The van der Waals surface area contributed by atoms with Gasteiger partial charge in [-0.2, -0.15) is 5.10 Å². The van der Waals surface area contributed by atoms with Crippen LogP contribution in [0.1, 0.15) is 17.3 Å². The Morgan fingerprint density at radius 1 is 1.69 bits per heavy atom. The van der Waals surface area contributed by atoms with Gasteiger partial charge in [0.25, 0.3) is 5.91 Å². The highest BCUT2D eigenvalue weighted by molar-refractivity contribution is 5.93. The van der Waals surface area contributed by atoms with E-state index >= 15 is 0 Å². The third kappa shape index (κ3) is 2.50. The molecule has 2 rings (SSSR count). The largest absolute Gasteiger partial charge is 0.472 e. The van der Waals surface area contributed by atoms with E-state index in [0.717, 1.165) is 0 Å². The van der Waals surface area contributed by atoms with E-state index in [1.807, 2.05) is 19.2 Å². The van der Waals surface area contributed by atoms with Crippen molar-refractivity contribution >= 4 is 5.91 Å². The number of hydrogen-bond donors (Lipinski definition) is 1. The van der Waals surface area contributed by atoms with Crippen molar-refractivity contribution in [1.82, 2.24) is 15.1 Å². The van der Waals surface area contributed by atoms with E-state index in [1.165, 1.54) is 12.5 Å². The van der Waals surface area contributed by atoms with Crippen molar-refractivity contribution in [3.8, 4) is 0 Å². The van der Waals surface area contributed by atoms with E-state index in [2.05, 4.69) is 10.4 Å². The molecule has 0 spiro atoms. The van der Waals surface area contributed by atoms with Gasteiger partial charge in [-0.1, -0.05) is 0 Å². The first-order valence-electron chi connectivity index (χ1n) is 5.06. The summed E-state index contributed by atoms with van der Waals surface area (Å²) >= 11 is 0. The number of nitrogens with one attached hydrogen (secondary N) is 1. The molecule has 5 nitrogen and oxygen atoms in total. The van der Waals surface area contributed by atoms with Crippen LogP contribution < -0.4 is 5.32 Å². The smallest absolute Gasteiger partial charge is 0.254 e. The number of hydrogen-bond acceptors (Lipinski definition) is 3. The summed E-state index contributed by atoms with van der Waals surface area (Å²) in [6, 6.07) is 3.50. The van der Waals surface area contributed by atoms with Gasteiger partial charge in [0.05, 0.1) is 18.4 Å². The van der Waals surface area contributed by atoms with E-state index in [-0.39, 0.29) is 11.9 Å². The zero-order valence-corrected chi connectivity index (χ0v) is 8.96. The number of nitrogens with zero attached hydrogens (tertiary/aromatic N) is 2. The Balaban J connectivity index is 1.88. The lowest BCUT2D eigenvalue weighted by atomic mass is 10.2. The molecule has 0 bridgehead atoms. The Morgan fingerprint density at radius 2 is 2.56 bits per heavy atom. The SMILES string of the molecule is CC(Cn1cccn1)NC(=O)c1ccoc1. The van der Waals surface area contributed by atoms with Gasteiger partial charge >= 0.3 is 0 Å². The van der Waals surface area contributed by atoms with Gasteiger partial charge in [0.2, 0.25) is 0 Å². The zero-order valence-electron chi connectivity index (χ0n) is 8.96. The standard InChI is InChI=1S/C11H13N3O2/c1-9(7-14-5-2-4-12-14)13-11(15)10-3-6-16-8-10/h2-6,8-9H,7H2,1H3,(H,13,15). The van der Waals surface area contributed by atoms with Crippen LogP contribution in [0.5, 0.6) is 0 Å². The molecule has 2 heterocycles. The van der Waals surface area contributed by atoms with Crippen LogP contribution in [-0.4, -0.2) is 21.7 Å². The summed E-state index contributed by atoms with van der Waals surface area (Å²) in [7, 11) is 0. The van der Waals surface area contributed by atoms with E-state index < -0.39 is 0 Å². The van der Waals surface area contributed by atoms with E-state index in [4.69, 9.17) is 4.42 Å². The Labute approximate surface area is 93.1 Å². The molecule has 0 aliphatic heterocycles. The van der Waals surface area contributed by atoms with E-state index in [1.54, 1.807) is 16.9 Å². The minimum atomic E-state index is -0.131. The van der Waals surface area contributed by atoms with Crippen molar-refractivity contribution in [2.75, 3.05) is 0 Å². The van der Waals surface area contributed by atoms with Crippen molar-refractivity contribution in [1.29, 1.82) is 0 Å². The van der Waals surface area contributed by atoms with Crippen LogP contribution in [-0.2, 0) is 6.54 Å². The second-order valence-electron chi connectivity index (χ2n) is 3.61. The van der Waals surface area contributed by atoms with Crippen molar-refractivity contribution < 1.29 is 9.21 Å². The first kappa shape index (κ1) is 10.5. The van der Waals surface area contributed by atoms with Crippen LogP contribution in [0.15, 0.2) is 41.5 Å². The average molecular weight is 219 g/mol. The molecule has 0 fully saturated rings. The predicted molar refractivity (Wildman–Crippen MR) is 57.9 cm³/mol. The van der Waals surface area contributed by atoms with Gasteiger partial charge in [-0.05, 0) is 19.1 Å². The molecule has 0 saturated carbocycles. The van der Waals surface area contributed by atoms with Crippen molar-refractivity contribution in [2.24, 2.45) is 0 Å². The van der Waals surface area contributed by atoms with Crippen LogP contribution in [0.3, 0.4) is 0 Å². The summed E-state index contributed by atoms with van der Waals surface area (Å²) < 4.78 is 6.62. The quantitative estimate of drug-likeness (QED) is 0.843. The lowest BCUT2D eigenvalue weighted by Gasteiger charge is -2.12. The second-order valence-corrected chi connectivity index (χ2v) is 3.61. The molecule has 0 aromatic carbocycles. The highest BCUT2D eigenvalue weighted by Gasteiger charge is 2.10. The van der Waals surface area contributed by atoms with Gasteiger partial charge in [-0.15, -0.1) is 0 Å². The maximum atomic E-state index is 11.6. The highest BCUT2D eigenvalue weighted by Crippen LogP contribution is 2.00. The average Bonchev–Trinajstić information content (AvgIpc) is 2.88. The van der Waals surface area contributed by atoms with Gasteiger partial charge < -0.3 is 9.73 Å². The van der Waals surface area contributed by atoms with Crippen molar-refractivity contribution in [3.63, 3.8) is 0 Å². The van der Waals surface area contributed by atoms with Crippen LogP contribution in [0.2, 0.25) is 0 Å². The zero-order chi connectivity index (χ0) is 11.4. The van der Waals surface area contributed by atoms with Crippen LogP contribution in [0.4, 0.5) is 0 Å². The van der Waals surface area contributed by atoms with Crippen LogP contribution in [0, 0.1) is 0 Å². The molecule has 84 valence electrons. The molecule has 16 heavy (non-hydrogen) atoms. The number of amides is 1. The monoisotopic (exact) mass is 219 g/mol. The molecule has 2 aromatic rings. The third-order valence-electron chi connectivity index (χ3n) is 2.18. The fourth-order valence-electron chi connectivity index (χ4n) is 1.44. The lowest BCUT2D eigenvalue weighted by Crippen LogP contribution is -2.35. The minimum absolute atomic E-state index is 0.0160. The molecule has 0 radical (unpaired) electrons. The van der Waals surface area contributed by atoms with Gasteiger partial charge in [0, 0.05) is 18.4 Å². The fraction of sp³-hybridized carbons (Fsp3) is 0.273. The van der Waals surface area contributed by atoms with Crippen molar-refractivity contribution in [2.45, 2.75) is 19.5 Å². The Kier molecular flexibility index (Phi) is 3.05. The molecular formula is C11H13N3O2. The summed E-state index contributed by atoms with van der Waals surface area (Å²) in [4.78, 5) is 11.6. The van der Waals surface area contributed by atoms with Crippen molar-refractivity contribution in [3.05, 3.63) is 42.6 Å². The molecule has 0 aliphatic carbocycles. The molecule has 1 amide bonds. The summed E-state index contributed by atoms with van der Waals surface area (Å²) in [5.74, 6) is -0.131. The summed E-state index contributed by atoms with van der Waals surface area (Å²) in [6.45, 7) is 2.58. The minimum Gasteiger partial charge on any atom is -0.472 e. The Morgan fingerprint density at radius 3 is 3.19 bits per heavy atom. The molecule has 1 N–H and O–H groups in total. The topological polar surface area (TPSA) is 60.1 Å². The Hall–Kier alpha value is -2.04. The van der Waals surface area contributed by atoms with Gasteiger partial charge in [-0.3, -0.25) is 9.48 Å². The first-order valence-corrected chi connectivity index (χ1v) is 5.06. The van der Waals surface area contributed by atoms with Crippen LogP contribution in [0.25, 0.3) is 0 Å². The number of carbonyl (C=O) groups excluding carboxylic acids is 1. The predicted octanol–water partition coefficient (Wildman–Crippen LogP) is 1.29. The lowest BCUT2D eigenvalue weighted by molar-refractivity contribution is 0.0935. The van der Waals surface area contributed by atoms with Gasteiger partial charge in [0.15, 0.2) is 0 Å². The molecule has 1 atom stereocenters. The number of rotatable bonds is 4. The molecule has 0 aliphatic rings. The second kappa shape index (κ2) is 4.65. The number of carbonyl (C=O) groups is 1. The molecule has 1 unspecified atom stereocenters. The maximum Gasteiger partial charge on any atom is 0.254 e. The molecule has 0 saturated heterocycles. The Bertz CT molecular complexity index is 434. The summed E-state index contributed by atoms with van der Waals surface area (Å²) in [6.07, 6.45) is 6.48. The summed E-state index contributed by atoms with van der Waals surface area (Å²) in [5, 5.41) is 6.93. The van der Waals surface area contributed by atoms with E-state index in [9.17, 15) is 4.79 Å². The molecule has 5 heteroatoms. The van der Waals surface area contributed by atoms with Gasteiger partial charge in [0.1, 0.15) is 6.26 Å². The number of aromatic nitrogens is 2.